The molecule has 0 saturated carbocycles. The lowest BCUT2D eigenvalue weighted by Gasteiger charge is -2.17. The number of carboxylic acids is 1. The van der Waals surface area contributed by atoms with Crippen LogP contribution in [0.4, 0.5) is 13.2 Å². The summed E-state index contributed by atoms with van der Waals surface area (Å²) in [7, 11) is -1.49. The Labute approximate surface area is 155 Å². The molecule has 27 heavy (non-hydrogen) atoms. The van der Waals surface area contributed by atoms with Gasteiger partial charge in [-0.3, -0.25) is 9.00 Å². The van der Waals surface area contributed by atoms with Crippen molar-refractivity contribution in [3.63, 3.8) is 0 Å². The SMILES string of the molecule is O=C(N[C@@H](CC[S@@](=O)c1ccccc1)C(=O)O)c1ccccc1C(F)(F)F. The van der Waals surface area contributed by atoms with Crippen LogP contribution in [-0.4, -0.2) is 33.0 Å². The molecule has 2 aromatic rings. The van der Waals surface area contributed by atoms with Crippen LogP contribution in [0.15, 0.2) is 59.5 Å². The predicted octanol–water partition coefficient (Wildman–Crippen LogP) is 3.09. The fraction of sp³-hybridized carbons (Fsp3) is 0.222. The Hall–Kier alpha value is -2.68. The van der Waals surface area contributed by atoms with Gasteiger partial charge in [0.05, 0.1) is 21.9 Å². The average molecular weight is 399 g/mol. The van der Waals surface area contributed by atoms with Crippen molar-refractivity contribution < 1.29 is 32.1 Å². The normalized spacial score (nSPS) is 13.6. The van der Waals surface area contributed by atoms with Crippen LogP contribution in [0, 0.1) is 0 Å². The Morgan fingerprint density at radius 1 is 1.04 bits per heavy atom. The van der Waals surface area contributed by atoms with Crippen LogP contribution in [0.1, 0.15) is 22.3 Å². The second kappa shape index (κ2) is 8.81. The van der Waals surface area contributed by atoms with Crippen LogP contribution in [-0.2, 0) is 21.8 Å². The molecule has 1 amide bonds. The van der Waals surface area contributed by atoms with E-state index in [4.69, 9.17) is 0 Å². The van der Waals surface area contributed by atoms with Crippen LogP contribution < -0.4 is 5.32 Å². The van der Waals surface area contributed by atoms with E-state index in [2.05, 4.69) is 5.32 Å². The number of nitrogens with one attached hydrogen (secondary N) is 1. The topological polar surface area (TPSA) is 83.5 Å². The minimum Gasteiger partial charge on any atom is -0.480 e. The van der Waals surface area contributed by atoms with Gasteiger partial charge in [-0.25, -0.2) is 4.79 Å². The molecule has 0 aliphatic carbocycles. The van der Waals surface area contributed by atoms with Crippen molar-refractivity contribution in [2.45, 2.75) is 23.5 Å². The molecule has 0 spiro atoms. The molecule has 2 N–H and O–H groups in total. The van der Waals surface area contributed by atoms with Gasteiger partial charge in [0.2, 0.25) is 0 Å². The molecule has 0 radical (unpaired) electrons. The Morgan fingerprint density at radius 2 is 1.63 bits per heavy atom. The average Bonchev–Trinajstić information content (AvgIpc) is 2.64. The molecule has 5 nitrogen and oxygen atoms in total. The number of halogens is 3. The maximum absolute atomic E-state index is 13.0. The minimum absolute atomic E-state index is 0.0673. The Kier molecular flexibility index (Phi) is 6.73. The maximum atomic E-state index is 13.0. The third-order valence-corrected chi connectivity index (χ3v) is 5.08. The molecule has 0 unspecified atom stereocenters. The molecule has 9 heteroatoms. The van der Waals surface area contributed by atoms with E-state index in [1.807, 2.05) is 0 Å². The molecule has 0 heterocycles. The smallest absolute Gasteiger partial charge is 0.417 e. The monoisotopic (exact) mass is 399 g/mol. The number of rotatable bonds is 7. The summed E-state index contributed by atoms with van der Waals surface area (Å²) in [5, 5.41) is 11.3. The molecule has 144 valence electrons. The zero-order valence-electron chi connectivity index (χ0n) is 13.9. The van der Waals surface area contributed by atoms with Crippen LogP contribution in [0.2, 0.25) is 0 Å². The number of hydrogen-bond donors (Lipinski definition) is 2. The third kappa shape index (κ3) is 5.65. The summed E-state index contributed by atoms with van der Waals surface area (Å²) < 4.78 is 51.2. The lowest BCUT2D eigenvalue weighted by molar-refractivity contribution is -0.139. The number of amides is 1. The zero-order chi connectivity index (χ0) is 20.0. The van der Waals surface area contributed by atoms with Crippen molar-refractivity contribution >= 4 is 22.7 Å². The molecular formula is C18H16F3NO4S. The molecule has 0 fully saturated rings. The largest absolute Gasteiger partial charge is 0.480 e. The van der Waals surface area contributed by atoms with Gasteiger partial charge in [-0.2, -0.15) is 13.2 Å². The van der Waals surface area contributed by atoms with Crippen LogP contribution in [0.25, 0.3) is 0 Å². The lowest BCUT2D eigenvalue weighted by atomic mass is 10.1. The summed E-state index contributed by atoms with van der Waals surface area (Å²) >= 11 is 0. The van der Waals surface area contributed by atoms with Gasteiger partial charge >= 0.3 is 12.1 Å². The Bertz CT molecular complexity index is 840. The summed E-state index contributed by atoms with van der Waals surface area (Å²) in [6.45, 7) is 0. The lowest BCUT2D eigenvalue weighted by Crippen LogP contribution is -2.42. The van der Waals surface area contributed by atoms with Gasteiger partial charge in [0.15, 0.2) is 0 Å². The summed E-state index contributed by atoms with van der Waals surface area (Å²) in [5.41, 5.74) is -1.82. The van der Waals surface area contributed by atoms with Crippen molar-refractivity contribution in [3.8, 4) is 0 Å². The van der Waals surface area contributed by atoms with E-state index in [0.717, 1.165) is 18.2 Å². The Morgan fingerprint density at radius 3 is 2.22 bits per heavy atom. The molecule has 0 bridgehead atoms. The third-order valence-electron chi connectivity index (χ3n) is 3.68. The van der Waals surface area contributed by atoms with Gasteiger partial charge in [-0.1, -0.05) is 30.3 Å². The molecule has 2 atom stereocenters. The number of aliphatic carboxylic acids is 1. The number of carbonyl (C=O) groups excluding carboxylic acids is 1. The van der Waals surface area contributed by atoms with Crippen molar-refractivity contribution in [1.29, 1.82) is 0 Å². The highest BCUT2D eigenvalue weighted by Crippen LogP contribution is 2.31. The first-order valence-corrected chi connectivity index (χ1v) is 9.15. The van der Waals surface area contributed by atoms with Gasteiger partial charge in [-0.15, -0.1) is 0 Å². The first-order valence-electron chi connectivity index (χ1n) is 7.83. The highest BCUT2D eigenvalue weighted by molar-refractivity contribution is 7.85. The van der Waals surface area contributed by atoms with Crippen molar-refractivity contribution in [2.24, 2.45) is 0 Å². The zero-order valence-corrected chi connectivity index (χ0v) is 14.7. The first kappa shape index (κ1) is 20.6. The van der Waals surface area contributed by atoms with Crippen molar-refractivity contribution in [1.82, 2.24) is 5.32 Å². The Balaban J connectivity index is 2.10. The van der Waals surface area contributed by atoms with Gasteiger partial charge in [0.25, 0.3) is 5.91 Å². The highest BCUT2D eigenvalue weighted by Gasteiger charge is 2.35. The second-order valence-electron chi connectivity index (χ2n) is 5.56. The van der Waals surface area contributed by atoms with E-state index < -0.39 is 46.0 Å². The summed E-state index contributed by atoms with van der Waals surface area (Å²) in [6.07, 6.45) is -4.95. The number of alkyl halides is 3. The second-order valence-corrected chi connectivity index (χ2v) is 7.13. The molecule has 0 aliphatic heterocycles. The van der Waals surface area contributed by atoms with E-state index in [1.165, 1.54) is 6.07 Å². The molecule has 0 aliphatic rings. The molecule has 0 aromatic heterocycles. The van der Waals surface area contributed by atoms with Gasteiger partial charge < -0.3 is 10.4 Å². The minimum atomic E-state index is -4.75. The van der Waals surface area contributed by atoms with Crippen molar-refractivity contribution in [2.75, 3.05) is 5.75 Å². The number of benzene rings is 2. The van der Waals surface area contributed by atoms with E-state index in [9.17, 15) is 32.1 Å². The summed E-state index contributed by atoms with van der Waals surface area (Å²) in [4.78, 5) is 24.0. The number of hydrogen-bond acceptors (Lipinski definition) is 3. The maximum Gasteiger partial charge on any atom is 0.417 e. The first-order chi connectivity index (χ1) is 12.7. The molecular weight excluding hydrogens is 383 g/mol. The van der Waals surface area contributed by atoms with E-state index in [0.29, 0.717) is 4.90 Å². The fourth-order valence-corrected chi connectivity index (χ4v) is 3.48. The van der Waals surface area contributed by atoms with Crippen LogP contribution in [0.3, 0.4) is 0 Å². The van der Waals surface area contributed by atoms with Gasteiger partial charge in [0, 0.05) is 10.6 Å². The summed E-state index contributed by atoms with van der Waals surface area (Å²) in [6, 6.07) is 11.0. The fourth-order valence-electron chi connectivity index (χ4n) is 2.34. The van der Waals surface area contributed by atoms with Crippen molar-refractivity contribution in [3.05, 3.63) is 65.7 Å². The van der Waals surface area contributed by atoms with E-state index >= 15 is 0 Å². The van der Waals surface area contributed by atoms with Crippen LogP contribution in [0.5, 0.6) is 0 Å². The molecule has 0 saturated heterocycles. The summed E-state index contributed by atoms with van der Waals surface area (Å²) in [5.74, 6) is -2.64. The number of carbonyl (C=O) groups is 2. The quantitative estimate of drug-likeness (QED) is 0.750. The van der Waals surface area contributed by atoms with E-state index in [1.54, 1.807) is 30.3 Å². The van der Waals surface area contributed by atoms with Gasteiger partial charge in [0.1, 0.15) is 6.04 Å². The van der Waals surface area contributed by atoms with E-state index in [-0.39, 0.29) is 12.2 Å². The van der Waals surface area contributed by atoms with Crippen LogP contribution >= 0.6 is 0 Å². The van der Waals surface area contributed by atoms with Gasteiger partial charge in [-0.05, 0) is 30.7 Å². The standard InChI is InChI=1S/C18H16F3NO4S/c19-18(20,21)14-9-5-4-8-13(14)16(23)22-15(17(24)25)10-11-27(26)12-6-2-1-3-7-12/h1-9,15H,10-11H2,(H,22,23)(H,24,25)/t15-,27+/m0/s1. The molecule has 2 aromatic carbocycles. The molecule has 2 rings (SSSR count). The number of carboxylic acid groups (broad SMARTS) is 1. The predicted molar refractivity (Wildman–Crippen MR) is 92.7 cm³/mol. The highest BCUT2D eigenvalue weighted by atomic mass is 32.2.